The van der Waals surface area contributed by atoms with Crippen LogP contribution in [0, 0.1) is 11.6 Å². The molecule has 2 aliphatic rings. The number of nitrogens with one attached hydrogen (secondary N) is 2. The van der Waals surface area contributed by atoms with Gasteiger partial charge in [0.25, 0.3) is 0 Å². The summed E-state index contributed by atoms with van der Waals surface area (Å²) in [6.07, 6.45) is 1.81. The van der Waals surface area contributed by atoms with Crippen LogP contribution >= 0.6 is 0 Å². The van der Waals surface area contributed by atoms with E-state index in [0.29, 0.717) is 0 Å². The van der Waals surface area contributed by atoms with E-state index in [9.17, 15) is 26.8 Å². The van der Waals surface area contributed by atoms with Crippen LogP contribution in [0.1, 0.15) is 12.8 Å². The average molecular weight is 402 g/mol. The third-order valence-electron chi connectivity index (χ3n) is 4.38. The summed E-state index contributed by atoms with van der Waals surface area (Å²) in [4.78, 5) is 24.1. The van der Waals surface area contributed by atoms with Gasteiger partial charge < -0.3 is 5.32 Å². The van der Waals surface area contributed by atoms with Crippen molar-refractivity contribution >= 4 is 22.0 Å². The molecular weight excluding hydrogens is 382 g/mol. The third-order valence-corrected chi connectivity index (χ3v) is 6.33. The SMILES string of the molecule is O=C(CN1CCN(S(=O)(=O)c2c(F)cccc2F)CC1)NC(=O)NC1CC1. The zero-order chi connectivity index (χ0) is 19.6. The zero-order valence-electron chi connectivity index (χ0n) is 14.5. The second kappa shape index (κ2) is 7.87. The Morgan fingerprint density at radius 2 is 1.67 bits per heavy atom. The van der Waals surface area contributed by atoms with E-state index in [1.807, 2.05) is 0 Å². The second-order valence-electron chi connectivity index (χ2n) is 6.53. The lowest BCUT2D eigenvalue weighted by molar-refractivity contribution is -0.121. The van der Waals surface area contributed by atoms with E-state index in [4.69, 9.17) is 0 Å². The van der Waals surface area contributed by atoms with E-state index in [1.54, 1.807) is 4.90 Å². The van der Waals surface area contributed by atoms with Crippen molar-refractivity contribution in [1.29, 1.82) is 0 Å². The molecule has 1 saturated heterocycles. The van der Waals surface area contributed by atoms with E-state index in [1.165, 1.54) is 0 Å². The highest BCUT2D eigenvalue weighted by molar-refractivity contribution is 7.89. The number of nitrogens with zero attached hydrogens (tertiary/aromatic N) is 2. The van der Waals surface area contributed by atoms with Crippen LogP contribution in [0.15, 0.2) is 23.1 Å². The molecule has 148 valence electrons. The van der Waals surface area contributed by atoms with Gasteiger partial charge in [-0.25, -0.2) is 22.0 Å². The number of hydrogen-bond acceptors (Lipinski definition) is 5. The number of carbonyl (C=O) groups excluding carboxylic acids is 2. The largest absolute Gasteiger partial charge is 0.335 e. The van der Waals surface area contributed by atoms with Crippen LogP contribution in [-0.4, -0.2) is 68.3 Å². The highest BCUT2D eigenvalue weighted by Gasteiger charge is 2.33. The van der Waals surface area contributed by atoms with Gasteiger partial charge in [-0.3, -0.25) is 15.0 Å². The monoisotopic (exact) mass is 402 g/mol. The van der Waals surface area contributed by atoms with E-state index in [0.717, 1.165) is 35.3 Å². The fourth-order valence-corrected chi connectivity index (χ4v) is 4.34. The Kier molecular flexibility index (Phi) is 5.72. The second-order valence-corrected chi connectivity index (χ2v) is 8.40. The first kappa shape index (κ1) is 19.6. The molecular formula is C16H20F2N4O4S. The Hall–Kier alpha value is -2.11. The van der Waals surface area contributed by atoms with E-state index in [-0.39, 0.29) is 38.8 Å². The molecule has 0 bridgehead atoms. The molecule has 0 spiro atoms. The lowest BCUT2D eigenvalue weighted by Gasteiger charge is -2.33. The smallest absolute Gasteiger partial charge is 0.321 e. The van der Waals surface area contributed by atoms with Gasteiger partial charge >= 0.3 is 6.03 Å². The molecule has 1 aliphatic heterocycles. The minimum atomic E-state index is -4.31. The first-order valence-corrected chi connectivity index (χ1v) is 9.98. The Bertz CT molecular complexity index is 817. The maximum Gasteiger partial charge on any atom is 0.321 e. The predicted octanol–water partition coefficient (Wildman–Crippen LogP) is 0.259. The number of amides is 3. The normalized spacial score (nSPS) is 18.9. The van der Waals surface area contributed by atoms with Gasteiger partial charge in [-0.15, -0.1) is 0 Å². The molecule has 3 rings (SSSR count). The van der Waals surface area contributed by atoms with Crippen molar-refractivity contribution in [3.63, 3.8) is 0 Å². The number of benzene rings is 1. The van der Waals surface area contributed by atoms with Gasteiger partial charge in [0.05, 0.1) is 6.54 Å². The number of piperazine rings is 1. The minimum absolute atomic E-state index is 0.0162. The number of urea groups is 1. The number of halogens is 2. The molecule has 3 amide bonds. The molecule has 1 heterocycles. The summed E-state index contributed by atoms with van der Waals surface area (Å²) in [6.45, 7) is 0.301. The average Bonchev–Trinajstić information content (AvgIpc) is 3.38. The number of imide groups is 1. The molecule has 1 aromatic carbocycles. The summed E-state index contributed by atoms with van der Waals surface area (Å²) in [5.74, 6) is -2.78. The molecule has 1 aliphatic carbocycles. The highest BCUT2D eigenvalue weighted by atomic mass is 32.2. The van der Waals surface area contributed by atoms with Crippen LogP contribution < -0.4 is 10.6 Å². The molecule has 0 unspecified atom stereocenters. The van der Waals surface area contributed by atoms with Crippen molar-refractivity contribution in [3.8, 4) is 0 Å². The van der Waals surface area contributed by atoms with E-state index in [2.05, 4.69) is 10.6 Å². The zero-order valence-corrected chi connectivity index (χ0v) is 15.3. The summed E-state index contributed by atoms with van der Waals surface area (Å²) in [5, 5.41) is 4.85. The fourth-order valence-electron chi connectivity index (χ4n) is 2.80. The summed E-state index contributed by atoms with van der Waals surface area (Å²) < 4.78 is 53.6. The topological polar surface area (TPSA) is 98.8 Å². The Morgan fingerprint density at radius 1 is 1.07 bits per heavy atom. The lowest BCUT2D eigenvalue weighted by Crippen LogP contribution is -2.52. The number of rotatable bonds is 5. The maximum atomic E-state index is 13.8. The first-order chi connectivity index (χ1) is 12.8. The maximum absolute atomic E-state index is 13.8. The summed E-state index contributed by atoms with van der Waals surface area (Å²) in [6, 6.07) is 2.47. The first-order valence-electron chi connectivity index (χ1n) is 8.54. The van der Waals surface area contributed by atoms with Gasteiger partial charge in [0.2, 0.25) is 15.9 Å². The van der Waals surface area contributed by atoms with Crippen LogP contribution in [0.5, 0.6) is 0 Å². The van der Waals surface area contributed by atoms with Crippen molar-refractivity contribution < 1.29 is 26.8 Å². The van der Waals surface area contributed by atoms with Gasteiger partial charge in [-0.2, -0.15) is 4.31 Å². The Morgan fingerprint density at radius 3 is 2.22 bits per heavy atom. The molecule has 0 aromatic heterocycles. The van der Waals surface area contributed by atoms with Crippen molar-refractivity contribution in [1.82, 2.24) is 19.8 Å². The van der Waals surface area contributed by atoms with Gasteiger partial charge in [0.1, 0.15) is 11.6 Å². The highest BCUT2D eigenvalue weighted by Crippen LogP contribution is 2.23. The van der Waals surface area contributed by atoms with Gasteiger partial charge in [0, 0.05) is 32.2 Å². The fraction of sp³-hybridized carbons (Fsp3) is 0.500. The van der Waals surface area contributed by atoms with Crippen molar-refractivity contribution in [3.05, 3.63) is 29.8 Å². The quantitative estimate of drug-likeness (QED) is 0.736. The van der Waals surface area contributed by atoms with Gasteiger partial charge in [0.15, 0.2) is 4.90 Å². The van der Waals surface area contributed by atoms with Crippen LogP contribution in [0.25, 0.3) is 0 Å². The van der Waals surface area contributed by atoms with Crippen LogP contribution in [0.4, 0.5) is 13.6 Å². The Balaban J connectivity index is 1.53. The number of carbonyl (C=O) groups is 2. The van der Waals surface area contributed by atoms with Crippen molar-refractivity contribution in [2.45, 2.75) is 23.8 Å². The molecule has 11 heteroatoms. The van der Waals surface area contributed by atoms with Crippen LogP contribution in [-0.2, 0) is 14.8 Å². The van der Waals surface area contributed by atoms with Gasteiger partial charge in [-0.05, 0) is 25.0 Å². The van der Waals surface area contributed by atoms with Gasteiger partial charge in [-0.1, -0.05) is 6.07 Å². The standard InChI is InChI=1S/C16H20F2N4O4S/c17-12-2-1-3-13(18)15(12)27(25,26)22-8-6-21(7-9-22)10-14(23)20-16(24)19-11-4-5-11/h1-3,11H,4-10H2,(H2,19,20,23,24). The van der Waals surface area contributed by atoms with Crippen LogP contribution in [0.2, 0.25) is 0 Å². The lowest BCUT2D eigenvalue weighted by atomic mass is 10.3. The molecule has 0 radical (unpaired) electrons. The Labute approximate surface area is 155 Å². The molecule has 0 atom stereocenters. The third kappa shape index (κ3) is 4.79. The summed E-state index contributed by atoms with van der Waals surface area (Å²) in [7, 11) is -4.31. The molecule has 1 saturated carbocycles. The van der Waals surface area contributed by atoms with Crippen molar-refractivity contribution in [2.75, 3.05) is 32.7 Å². The molecule has 2 N–H and O–H groups in total. The van der Waals surface area contributed by atoms with E-state index < -0.39 is 38.5 Å². The van der Waals surface area contributed by atoms with Crippen LogP contribution in [0.3, 0.4) is 0 Å². The van der Waals surface area contributed by atoms with Crippen molar-refractivity contribution in [2.24, 2.45) is 0 Å². The molecule has 8 nitrogen and oxygen atoms in total. The summed E-state index contributed by atoms with van der Waals surface area (Å²) in [5.41, 5.74) is 0. The number of hydrogen-bond donors (Lipinski definition) is 2. The van der Waals surface area contributed by atoms with E-state index >= 15 is 0 Å². The molecule has 27 heavy (non-hydrogen) atoms. The minimum Gasteiger partial charge on any atom is -0.335 e. The molecule has 1 aromatic rings. The summed E-state index contributed by atoms with van der Waals surface area (Å²) >= 11 is 0. The predicted molar refractivity (Wildman–Crippen MR) is 91.3 cm³/mol. The molecule has 2 fully saturated rings. The number of sulfonamides is 1.